The Hall–Kier alpha value is -3.55. The predicted molar refractivity (Wildman–Crippen MR) is 93.2 cm³/mol. The number of carbonyl (C=O) groups is 1. The van der Waals surface area contributed by atoms with Crippen LogP contribution in [0, 0.1) is 0 Å². The number of rotatable bonds is 4. The number of amides is 1. The van der Waals surface area contributed by atoms with Crippen LogP contribution >= 0.6 is 0 Å². The predicted octanol–water partition coefficient (Wildman–Crippen LogP) is 0.735. The van der Waals surface area contributed by atoms with E-state index in [4.69, 9.17) is 9.47 Å². The van der Waals surface area contributed by atoms with Crippen LogP contribution in [-0.2, 0) is 17.9 Å². The van der Waals surface area contributed by atoms with Gasteiger partial charge in [-0.05, 0) is 29.8 Å². The first kappa shape index (κ1) is 15.9. The van der Waals surface area contributed by atoms with Gasteiger partial charge in [-0.1, -0.05) is 18.2 Å². The molecule has 2 aromatic carbocycles. The van der Waals surface area contributed by atoms with Crippen LogP contribution in [0.15, 0.2) is 52.1 Å². The molecular formula is C18H15N3O5. The largest absolute Gasteiger partial charge is 0.454 e. The summed E-state index contributed by atoms with van der Waals surface area (Å²) in [4.78, 5) is 39.3. The Labute approximate surface area is 147 Å². The van der Waals surface area contributed by atoms with Crippen molar-refractivity contribution in [2.75, 3.05) is 6.79 Å². The van der Waals surface area contributed by atoms with Crippen LogP contribution in [0.2, 0.25) is 0 Å². The van der Waals surface area contributed by atoms with Gasteiger partial charge >= 0.3 is 5.69 Å². The Kier molecular flexibility index (Phi) is 3.92. The summed E-state index contributed by atoms with van der Waals surface area (Å²) in [6.07, 6.45) is 0. The minimum absolute atomic E-state index is 0.179. The number of H-pyrrole nitrogens is 1. The van der Waals surface area contributed by atoms with Gasteiger partial charge in [0.2, 0.25) is 12.7 Å². The first-order valence-corrected chi connectivity index (χ1v) is 7.99. The van der Waals surface area contributed by atoms with E-state index in [1.165, 1.54) is 0 Å². The van der Waals surface area contributed by atoms with E-state index < -0.39 is 17.2 Å². The smallest absolute Gasteiger partial charge is 0.329 e. The monoisotopic (exact) mass is 353 g/mol. The van der Waals surface area contributed by atoms with Crippen LogP contribution in [0.4, 0.5) is 0 Å². The molecule has 8 heteroatoms. The van der Waals surface area contributed by atoms with Gasteiger partial charge in [-0.15, -0.1) is 0 Å². The molecule has 1 aliphatic heterocycles. The fourth-order valence-electron chi connectivity index (χ4n) is 2.79. The Balaban J connectivity index is 1.49. The van der Waals surface area contributed by atoms with E-state index in [1.54, 1.807) is 36.4 Å². The molecule has 26 heavy (non-hydrogen) atoms. The molecular weight excluding hydrogens is 338 g/mol. The van der Waals surface area contributed by atoms with Crippen LogP contribution < -0.4 is 26.0 Å². The first-order chi connectivity index (χ1) is 12.6. The minimum atomic E-state index is -0.619. The fraction of sp³-hybridized carbons (Fsp3) is 0.167. The summed E-state index contributed by atoms with van der Waals surface area (Å²) in [5, 5.41) is 3.05. The zero-order chi connectivity index (χ0) is 18.1. The second kappa shape index (κ2) is 6.40. The highest BCUT2D eigenvalue weighted by molar-refractivity contribution is 5.78. The summed E-state index contributed by atoms with van der Waals surface area (Å²) in [5.74, 6) is 0.846. The average molecular weight is 353 g/mol. The molecule has 1 amide bonds. The maximum absolute atomic E-state index is 12.4. The topological polar surface area (TPSA) is 102 Å². The fourth-order valence-corrected chi connectivity index (χ4v) is 2.79. The van der Waals surface area contributed by atoms with E-state index in [0.29, 0.717) is 22.4 Å². The molecule has 0 saturated heterocycles. The van der Waals surface area contributed by atoms with Crippen molar-refractivity contribution < 1.29 is 14.3 Å². The number of aromatic nitrogens is 2. The number of para-hydroxylation sites is 1. The summed E-state index contributed by atoms with van der Waals surface area (Å²) < 4.78 is 11.4. The van der Waals surface area contributed by atoms with Crippen molar-refractivity contribution in [3.63, 3.8) is 0 Å². The zero-order valence-electron chi connectivity index (χ0n) is 13.7. The Morgan fingerprint density at radius 1 is 1.12 bits per heavy atom. The van der Waals surface area contributed by atoms with E-state index in [9.17, 15) is 14.4 Å². The Morgan fingerprint density at radius 3 is 2.81 bits per heavy atom. The molecule has 0 aliphatic carbocycles. The lowest BCUT2D eigenvalue weighted by molar-refractivity contribution is -0.121. The molecule has 132 valence electrons. The molecule has 1 aromatic heterocycles. The molecule has 0 saturated carbocycles. The standard InChI is InChI=1S/C18H15N3O5/c22-16(19-8-11-5-6-14-15(7-11)26-10-25-14)9-21-17(23)12-3-1-2-4-13(12)20-18(21)24/h1-7H,8-10H2,(H,19,22)(H,20,24). The molecule has 0 atom stereocenters. The molecule has 0 fully saturated rings. The minimum Gasteiger partial charge on any atom is -0.454 e. The molecule has 3 aromatic rings. The van der Waals surface area contributed by atoms with Crippen molar-refractivity contribution in [2.24, 2.45) is 0 Å². The third kappa shape index (κ3) is 2.92. The molecule has 0 unspecified atom stereocenters. The molecule has 1 aliphatic rings. The maximum Gasteiger partial charge on any atom is 0.329 e. The van der Waals surface area contributed by atoms with Gasteiger partial charge in [0.15, 0.2) is 11.5 Å². The van der Waals surface area contributed by atoms with Gasteiger partial charge in [-0.3, -0.25) is 14.2 Å². The van der Waals surface area contributed by atoms with E-state index in [0.717, 1.165) is 10.1 Å². The van der Waals surface area contributed by atoms with Crippen molar-refractivity contribution in [3.8, 4) is 11.5 Å². The number of hydrogen-bond acceptors (Lipinski definition) is 5. The number of fused-ring (bicyclic) bond motifs is 2. The summed E-state index contributed by atoms with van der Waals surface area (Å²) >= 11 is 0. The van der Waals surface area contributed by atoms with Gasteiger partial charge in [0.25, 0.3) is 5.56 Å². The highest BCUT2D eigenvalue weighted by Gasteiger charge is 2.14. The van der Waals surface area contributed by atoms with E-state index in [-0.39, 0.29) is 19.9 Å². The molecule has 0 bridgehead atoms. The van der Waals surface area contributed by atoms with Gasteiger partial charge in [0.05, 0.1) is 10.9 Å². The number of nitrogens with zero attached hydrogens (tertiary/aromatic N) is 1. The van der Waals surface area contributed by atoms with Crippen molar-refractivity contribution >= 4 is 16.8 Å². The Morgan fingerprint density at radius 2 is 1.92 bits per heavy atom. The average Bonchev–Trinajstić information content (AvgIpc) is 3.11. The quantitative estimate of drug-likeness (QED) is 0.720. The zero-order valence-corrected chi connectivity index (χ0v) is 13.7. The normalized spacial score (nSPS) is 12.3. The van der Waals surface area contributed by atoms with Crippen molar-refractivity contribution in [3.05, 3.63) is 68.9 Å². The third-order valence-corrected chi connectivity index (χ3v) is 4.12. The molecule has 8 nitrogen and oxygen atoms in total. The van der Waals surface area contributed by atoms with E-state index in [1.807, 2.05) is 6.07 Å². The molecule has 0 radical (unpaired) electrons. The van der Waals surface area contributed by atoms with Gasteiger partial charge in [-0.25, -0.2) is 4.79 Å². The number of nitrogens with one attached hydrogen (secondary N) is 2. The number of carbonyl (C=O) groups excluding carboxylic acids is 1. The summed E-state index contributed by atoms with van der Waals surface area (Å²) in [6, 6.07) is 12.0. The van der Waals surface area contributed by atoms with Crippen LogP contribution in [0.1, 0.15) is 5.56 Å². The molecule has 2 N–H and O–H groups in total. The second-order valence-electron chi connectivity index (χ2n) is 5.83. The maximum atomic E-state index is 12.4. The lowest BCUT2D eigenvalue weighted by Gasteiger charge is -2.08. The van der Waals surface area contributed by atoms with Crippen LogP contribution in [0.5, 0.6) is 11.5 Å². The van der Waals surface area contributed by atoms with Crippen LogP contribution in [-0.4, -0.2) is 22.3 Å². The summed E-state index contributed by atoms with van der Waals surface area (Å²) in [6.45, 7) is 0.0675. The third-order valence-electron chi connectivity index (χ3n) is 4.12. The van der Waals surface area contributed by atoms with Gasteiger partial charge in [0, 0.05) is 6.54 Å². The van der Waals surface area contributed by atoms with E-state index >= 15 is 0 Å². The summed E-state index contributed by atoms with van der Waals surface area (Å²) in [7, 11) is 0. The van der Waals surface area contributed by atoms with Gasteiger partial charge in [0.1, 0.15) is 6.54 Å². The lowest BCUT2D eigenvalue weighted by Crippen LogP contribution is -2.40. The number of aromatic amines is 1. The van der Waals surface area contributed by atoms with Gasteiger partial charge < -0.3 is 19.8 Å². The Bertz CT molecular complexity index is 1120. The molecule has 4 rings (SSSR count). The highest BCUT2D eigenvalue weighted by atomic mass is 16.7. The number of hydrogen-bond donors (Lipinski definition) is 2. The van der Waals surface area contributed by atoms with Crippen molar-refractivity contribution in [2.45, 2.75) is 13.1 Å². The molecule has 0 spiro atoms. The number of benzene rings is 2. The molecule has 2 heterocycles. The van der Waals surface area contributed by atoms with Crippen molar-refractivity contribution in [1.82, 2.24) is 14.9 Å². The second-order valence-corrected chi connectivity index (χ2v) is 5.83. The lowest BCUT2D eigenvalue weighted by atomic mass is 10.2. The number of ether oxygens (including phenoxy) is 2. The first-order valence-electron chi connectivity index (χ1n) is 7.99. The van der Waals surface area contributed by atoms with Crippen LogP contribution in [0.25, 0.3) is 10.9 Å². The highest BCUT2D eigenvalue weighted by Crippen LogP contribution is 2.32. The van der Waals surface area contributed by atoms with Crippen molar-refractivity contribution in [1.29, 1.82) is 0 Å². The van der Waals surface area contributed by atoms with Gasteiger partial charge in [-0.2, -0.15) is 0 Å². The van der Waals surface area contributed by atoms with Crippen LogP contribution in [0.3, 0.4) is 0 Å². The van der Waals surface area contributed by atoms with E-state index in [2.05, 4.69) is 10.3 Å². The SMILES string of the molecule is O=C(Cn1c(=O)[nH]c2ccccc2c1=O)NCc1ccc2c(c1)OCO2. The summed E-state index contributed by atoms with van der Waals surface area (Å²) in [5.41, 5.74) is 0.149.